The minimum Gasteiger partial charge on any atom is -0.493 e. The van der Waals surface area contributed by atoms with E-state index in [2.05, 4.69) is 5.32 Å². The highest BCUT2D eigenvalue weighted by atomic mass is 32.2. The van der Waals surface area contributed by atoms with Crippen molar-refractivity contribution < 1.29 is 23.8 Å². The third-order valence-corrected chi connectivity index (χ3v) is 3.33. The number of rotatable bonds is 8. The summed E-state index contributed by atoms with van der Waals surface area (Å²) in [6.07, 6.45) is 0. The molecule has 0 heterocycles. The maximum Gasteiger partial charge on any atom is 0.315 e. The van der Waals surface area contributed by atoms with Crippen molar-refractivity contribution in [3.05, 3.63) is 18.2 Å². The lowest BCUT2D eigenvalue weighted by molar-refractivity contribution is -0.139. The van der Waals surface area contributed by atoms with Gasteiger partial charge in [0.15, 0.2) is 11.5 Å². The third kappa shape index (κ3) is 5.95. The highest BCUT2D eigenvalue weighted by Gasteiger charge is 2.09. The number of hydrogen-bond donors (Lipinski definition) is 1. The van der Waals surface area contributed by atoms with E-state index in [1.54, 1.807) is 32.2 Å². The Morgan fingerprint density at radius 3 is 2.48 bits per heavy atom. The van der Waals surface area contributed by atoms with Crippen molar-refractivity contribution in [3.8, 4) is 11.5 Å². The van der Waals surface area contributed by atoms with Crippen molar-refractivity contribution in [2.75, 3.05) is 37.6 Å². The van der Waals surface area contributed by atoms with Crippen molar-refractivity contribution in [1.82, 2.24) is 0 Å². The molecule has 0 spiro atoms. The average Bonchev–Trinajstić information content (AvgIpc) is 2.47. The van der Waals surface area contributed by atoms with E-state index in [-0.39, 0.29) is 23.4 Å². The van der Waals surface area contributed by atoms with Gasteiger partial charge in [-0.25, -0.2) is 0 Å². The molecule has 21 heavy (non-hydrogen) atoms. The number of esters is 1. The fourth-order valence-corrected chi connectivity index (χ4v) is 2.15. The maximum atomic E-state index is 11.7. The molecule has 0 bridgehead atoms. The number of benzene rings is 1. The lowest BCUT2D eigenvalue weighted by Crippen LogP contribution is -2.16. The van der Waals surface area contributed by atoms with Crippen LogP contribution < -0.4 is 14.8 Å². The molecule has 0 saturated carbocycles. The first-order valence-electron chi connectivity index (χ1n) is 6.36. The van der Waals surface area contributed by atoms with E-state index in [4.69, 9.17) is 14.2 Å². The number of anilines is 1. The number of methoxy groups -OCH3 is 2. The summed E-state index contributed by atoms with van der Waals surface area (Å²) in [6, 6.07) is 5.10. The smallest absolute Gasteiger partial charge is 0.315 e. The van der Waals surface area contributed by atoms with Crippen LogP contribution in [0.25, 0.3) is 0 Å². The van der Waals surface area contributed by atoms with Gasteiger partial charge in [0.25, 0.3) is 0 Å². The standard InChI is InChI=1S/C14H19NO5S/c1-4-20-14(17)9-21-8-13(16)15-10-5-6-11(18-2)12(7-10)19-3/h5-7H,4,8-9H2,1-3H3,(H,15,16). The van der Waals surface area contributed by atoms with Crippen LogP contribution in [0.3, 0.4) is 0 Å². The van der Waals surface area contributed by atoms with Crippen molar-refractivity contribution in [3.63, 3.8) is 0 Å². The monoisotopic (exact) mass is 313 g/mol. The summed E-state index contributed by atoms with van der Waals surface area (Å²) in [7, 11) is 3.07. The lowest BCUT2D eigenvalue weighted by Gasteiger charge is -2.10. The van der Waals surface area contributed by atoms with Crippen LogP contribution in [0.15, 0.2) is 18.2 Å². The molecule has 0 unspecified atom stereocenters. The minimum absolute atomic E-state index is 0.160. The maximum absolute atomic E-state index is 11.7. The largest absolute Gasteiger partial charge is 0.493 e. The normalized spacial score (nSPS) is 9.86. The molecule has 1 amide bonds. The Kier molecular flexibility index (Phi) is 7.45. The molecule has 1 aromatic carbocycles. The first-order chi connectivity index (χ1) is 10.1. The van der Waals surface area contributed by atoms with Gasteiger partial charge in [-0.15, -0.1) is 11.8 Å². The van der Waals surface area contributed by atoms with Crippen molar-refractivity contribution in [2.45, 2.75) is 6.92 Å². The second-order valence-electron chi connectivity index (χ2n) is 3.92. The quantitative estimate of drug-likeness (QED) is 0.739. The van der Waals surface area contributed by atoms with E-state index >= 15 is 0 Å². The summed E-state index contributed by atoms with van der Waals surface area (Å²) >= 11 is 1.20. The molecule has 0 aromatic heterocycles. The van der Waals surface area contributed by atoms with E-state index < -0.39 is 0 Å². The Bertz CT molecular complexity index is 492. The lowest BCUT2D eigenvalue weighted by atomic mass is 10.2. The van der Waals surface area contributed by atoms with Crippen LogP contribution in [0.4, 0.5) is 5.69 Å². The van der Waals surface area contributed by atoms with Gasteiger partial charge in [-0.3, -0.25) is 9.59 Å². The Morgan fingerprint density at radius 2 is 1.86 bits per heavy atom. The minimum atomic E-state index is -0.318. The van der Waals surface area contributed by atoms with Gasteiger partial charge >= 0.3 is 5.97 Å². The first-order valence-corrected chi connectivity index (χ1v) is 7.51. The second-order valence-corrected chi connectivity index (χ2v) is 4.90. The fourth-order valence-electron chi connectivity index (χ4n) is 1.54. The Balaban J connectivity index is 2.46. The number of amides is 1. The van der Waals surface area contributed by atoms with Crippen molar-refractivity contribution in [1.29, 1.82) is 0 Å². The number of hydrogen-bond acceptors (Lipinski definition) is 6. The van der Waals surface area contributed by atoms with Gasteiger partial charge in [-0.1, -0.05) is 0 Å². The Labute approximate surface area is 128 Å². The molecule has 1 N–H and O–H groups in total. The molecule has 0 fully saturated rings. The highest BCUT2D eigenvalue weighted by Crippen LogP contribution is 2.29. The van der Waals surface area contributed by atoms with Crippen LogP contribution >= 0.6 is 11.8 Å². The molecule has 6 nitrogen and oxygen atoms in total. The molecule has 0 aliphatic carbocycles. The highest BCUT2D eigenvalue weighted by molar-refractivity contribution is 8.00. The van der Waals surface area contributed by atoms with Crippen LogP contribution in [0.2, 0.25) is 0 Å². The van der Waals surface area contributed by atoms with Crippen molar-refractivity contribution >= 4 is 29.3 Å². The van der Waals surface area contributed by atoms with Crippen LogP contribution in [0.5, 0.6) is 11.5 Å². The van der Waals surface area contributed by atoms with Gasteiger partial charge in [0, 0.05) is 11.8 Å². The average molecular weight is 313 g/mol. The molecule has 7 heteroatoms. The predicted octanol–water partition coefficient (Wildman–Crippen LogP) is 1.94. The van der Waals surface area contributed by atoms with Gasteiger partial charge in [0.1, 0.15) is 0 Å². The second kappa shape index (κ2) is 9.12. The van der Waals surface area contributed by atoms with Crippen LogP contribution in [0, 0.1) is 0 Å². The van der Waals surface area contributed by atoms with E-state index in [0.717, 1.165) is 0 Å². The van der Waals surface area contributed by atoms with E-state index in [1.807, 2.05) is 0 Å². The van der Waals surface area contributed by atoms with Gasteiger partial charge in [-0.05, 0) is 19.1 Å². The zero-order valence-corrected chi connectivity index (χ0v) is 13.1. The Hall–Kier alpha value is -1.89. The molecular formula is C14H19NO5S. The van der Waals surface area contributed by atoms with E-state index in [9.17, 15) is 9.59 Å². The van der Waals surface area contributed by atoms with Gasteiger partial charge in [0.2, 0.25) is 5.91 Å². The summed E-state index contributed by atoms with van der Waals surface area (Å²) in [5.74, 6) is 0.944. The van der Waals surface area contributed by atoms with Gasteiger partial charge < -0.3 is 19.5 Å². The molecule has 1 rings (SSSR count). The topological polar surface area (TPSA) is 73.9 Å². The zero-order chi connectivity index (χ0) is 15.7. The number of ether oxygens (including phenoxy) is 3. The molecule has 0 saturated heterocycles. The molecule has 1 aromatic rings. The molecule has 116 valence electrons. The number of carbonyl (C=O) groups excluding carboxylic acids is 2. The zero-order valence-electron chi connectivity index (χ0n) is 12.3. The molecule has 0 aliphatic rings. The number of thioether (sulfide) groups is 1. The van der Waals surface area contributed by atoms with Gasteiger partial charge in [0.05, 0.1) is 32.3 Å². The van der Waals surface area contributed by atoms with Crippen LogP contribution in [-0.2, 0) is 14.3 Å². The molecular weight excluding hydrogens is 294 g/mol. The van der Waals surface area contributed by atoms with E-state index in [1.165, 1.54) is 18.9 Å². The first kappa shape index (κ1) is 17.2. The third-order valence-electron chi connectivity index (χ3n) is 2.43. The number of carbonyl (C=O) groups is 2. The predicted molar refractivity (Wildman–Crippen MR) is 82.1 cm³/mol. The summed E-state index contributed by atoms with van der Waals surface area (Å²) in [6.45, 7) is 2.09. The number of nitrogens with one attached hydrogen (secondary N) is 1. The fraction of sp³-hybridized carbons (Fsp3) is 0.429. The Morgan fingerprint density at radius 1 is 1.14 bits per heavy atom. The molecule has 0 atom stereocenters. The molecule has 0 radical (unpaired) electrons. The summed E-state index contributed by atoms with van der Waals surface area (Å²) in [4.78, 5) is 22.9. The summed E-state index contributed by atoms with van der Waals surface area (Å²) in [5, 5.41) is 2.73. The van der Waals surface area contributed by atoms with Gasteiger partial charge in [-0.2, -0.15) is 0 Å². The van der Waals surface area contributed by atoms with Crippen LogP contribution in [-0.4, -0.2) is 44.2 Å². The molecule has 0 aliphatic heterocycles. The van der Waals surface area contributed by atoms with E-state index in [0.29, 0.717) is 23.8 Å². The van der Waals surface area contributed by atoms with Crippen molar-refractivity contribution in [2.24, 2.45) is 0 Å². The summed E-state index contributed by atoms with van der Waals surface area (Å²) < 4.78 is 15.0. The van der Waals surface area contributed by atoms with Crippen LogP contribution in [0.1, 0.15) is 6.92 Å². The summed E-state index contributed by atoms with van der Waals surface area (Å²) in [5.41, 5.74) is 0.606. The SMILES string of the molecule is CCOC(=O)CSCC(=O)Nc1ccc(OC)c(OC)c1.